The Labute approximate surface area is 193 Å². The summed E-state index contributed by atoms with van der Waals surface area (Å²) < 4.78 is 11.1. The van der Waals surface area contributed by atoms with E-state index in [0.717, 1.165) is 0 Å². The molecule has 0 saturated heterocycles. The van der Waals surface area contributed by atoms with Crippen LogP contribution < -0.4 is 9.64 Å². The number of furan rings is 1. The number of aromatic nitrogens is 1. The molecule has 1 amide bonds. The molecule has 8 heteroatoms. The van der Waals surface area contributed by atoms with Gasteiger partial charge in [-0.2, -0.15) is 0 Å². The number of ether oxygens (including phenoxy) is 1. The summed E-state index contributed by atoms with van der Waals surface area (Å²) in [7, 11) is 1.51. The third-order valence-electron chi connectivity index (χ3n) is 5.51. The Balaban J connectivity index is 1.66. The van der Waals surface area contributed by atoms with Crippen molar-refractivity contribution in [2.24, 2.45) is 0 Å². The van der Waals surface area contributed by atoms with E-state index < -0.39 is 23.5 Å². The number of anilines is 1. The van der Waals surface area contributed by atoms with Gasteiger partial charge in [0.2, 0.25) is 5.78 Å². The van der Waals surface area contributed by atoms with Crippen LogP contribution >= 0.6 is 11.6 Å². The lowest BCUT2D eigenvalue weighted by atomic mass is 9.95. The number of carbonyl (C=O) groups excluding carboxylic acids is 2. The number of hydrogen-bond donors (Lipinski definition) is 1. The Morgan fingerprint density at radius 1 is 1.12 bits per heavy atom. The summed E-state index contributed by atoms with van der Waals surface area (Å²) in [6.07, 6.45) is 3.11. The van der Waals surface area contributed by atoms with Gasteiger partial charge in [0.1, 0.15) is 0 Å². The number of rotatable bonds is 5. The molecule has 0 radical (unpaired) electrons. The highest BCUT2D eigenvalue weighted by Gasteiger charge is 2.45. The molecule has 3 heterocycles. The number of Topliss-reactive ketones (excluding diaryl/α,β-unsaturated/α-hetero) is 1. The number of carbonyl (C=O) groups is 2. The second kappa shape index (κ2) is 8.11. The third-order valence-corrected chi connectivity index (χ3v) is 5.75. The van der Waals surface area contributed by atoms with Crippen molar-refractivity contribution in [2.45, 2.75) is 6.04 Å². The zero-order chi connectivity index (χ0) is 23.1. The number of hydrogen-bond acceptors (Lipinski definition) is 6. The lowest BCUT2D eigenvalue weighted by Gasteiger charge is -2.26. The average molecular weight is 461 g/mol. The number of benzene rings is 2. The van der Waals surface area contributed by atoms with Crippen molar-refractivity contribution in [1.29, 1.82) is 0 Å². The minimum atomic E-state index is -0.901. The summed E-state index contributed by atoms with van der Waals surface area (Å²) in [5.74, 6) is -1.51. The third kappa shape index (κ3) is 3.43. The van der Waals surface area contributed by atoms with E-state index in [-0.39, 0.29) is 11.3 Å². The Kier molecular flexibility index (Phi) is 5.11. The number of pyridine rings is 1. The molecule has 33 heavy (non-hydrogen) atoms. The van der Waals surface area contributed by atoms with Crippen LogP contribution in [0.4, 0.5) is 5.69 Å². The zero-order valence-electron chi connectivity index (χ0n) is 17.4. The first-order chi connectivity index (χ1) is 16.0. The smallest absolute Gasteiger partial charge is 0.294 e. The van der Waals surface area contributed by atoms with Crippen LogP contribution in [0.3, 0.4) is 0 Å². The standard InChI is InChI=1S/C25H17ClN2O5/c1-32-18-7-2-4-15-12-19(33-24(15)18)22(29)20-21(14-8-10-27-11-9-14)28(25(31)23(20)30)17-6-3-5-16(26)13-17/h2-13,21,30H,1H3. The molecule has 1 unspecified atom stereocenters. The lowest BCUT2D eigenvalue weighted by molar-refractivity contribution is -0.117. The molecule has 2 aromatic carbocycles. The number of aliphatic hydroxyl groups is 1. The quantitative estimate of drug-likeness (QED) is 0.408. The maximum atomic E-state index is 13.6. The molecular formula is C25H17ClN2O5. The number of ketones is 1. The van der Waals surface area contributed by atoms with Gasteiger partial charge in [-0.1, -0.05) is 29.8 Å². The summed E-state index contributed by atoms with van der Waals surface area (Å²) in [5.41, 5.74) is 1.35. The number of methoxy groups -OCH3 is 1. The van der Waals surface area contributed by atoms with Gasteiger partial charge in [-0.3, -0.25) is 19.5 Å². The van der Waals surface area contributed by atoms with Gasteiger partial charge in [-0.15, -0.1) is 0 Å². The molecule has 0 bridgehead atoms. The van der Waals surface area contributed by atoms with Crippen LogP contribution in [0, 0.1) is 0 Å². The van der Waals surface area contributed by atoms with E-state index in [9.17, 15) is 14.7 Å². The molecular weight excluding hydrogens is 444 g/mol. The summed E-state index contributed by atoms with van der Waals surface area (Å²) in [6, 6.07) is 16.0. The Morgan fingerprint density at radius 3 is 2.61 bits per heavy atom. The highest BCUT2D eigenvalue weighted by atomic mass is 35.5. The number of amides is 1. The van der Waals surface area contributed by atoms with Crippen LogP contribution in [0.15, 0.2) is 88.8 Å². The molecule has 1 atom stereocenters. The van der Waals surface area contributed by atoms with Crippen molar-refractivity contribution in [3.8, 4) is 5.75 Å². The Bertz CT molecular complexity index is 1430. The van der Waals surface area contributed by atoms with Crippen molar-refractivity contribution in [3.63, 3.8) is 0 Å². The number of aliphatic hydroxyl groups excluding tert-OH is 1. The van der Waals surface area contributed by atoms with E-state index in [4.69, 9.17) is 20.8 Å². The minimum Gasteiger partial charge on any atom is -0.503 e. The molecule has 1 N–H and O–H groups in total. The lowest BCUT2D eigenvalue weighted by Crippen LogP contribution is -2.31. The molecule has 164 valence electrons. The fraction of sp³-hybridized carbons (Fsp3) is 0.0800. The van der Waals surface area contributed by atoms with Gasteiger partial charge in [-0.25, -0.2) is 0 Å². The molecule has 0 aliphatic carbocycles. The van der Waals surface area contributed by atoms with Crippen LogP contribution in [-0.2, 0) is 4.79 Å². The monoisotopic (exact) mass is 460 g/mol. The normalized spacial score (nSPS) is 16.0. The molecule has 1 aliphatic rings. The second-order valence-corrected chi connectivity index (χ2v) is 7.86. The summed E-state index contributed by atoms with van der Waals surface area (Å²) >= 11 is 6.15. The number of para-hydroxylation sites is 1. The molecule has 5 rings (SSSR count). The highest BCUT2D eigenvalue weighted by molar-refractivity contribution is 6.31. The van der Waals surface area contributed by atoms with E-state index in [2.05, 4.69) is 4.98 Å². The molecule has 2 aromatic heterocycles. The minimum absolute atomic E-state index is 0.0177. The molecule has 1 aliphatic heterocycles. The highest BCUT2D eigenvalue weighted by Crippen LogP contribution is 2.43. The van der Waals surface area contributed by atoms with Gasteiger partial charge >= 0.3 is 0 Å². The molecule has 0 saturated carbocycles. The fourth-order valence-corrected chi connectivity index (χ4v) is 4.22. The van der Waals surface area contributed by atoms with Gasteiger partial charge in [0.25, 0.3) is 5.91 Å². The van der Waals surface area contributed by atoms with Crippen molar-refractivity contribution in [2.75, 3.05) is 12.0 Å². The maximum Gasteiger partial charge on any atom is 0.294 e. The van der Waals surface area contributed by atoms with Crippen molar-refractivity contribution in [1.82, 2.24) is 4.98 Å². The van der Waals surface area contributed by atoms with Gasteiger partial charge in [0.15, 0.2) is 22.9 Å². The summed E-state index contributed by atoms with van der Waals surface area (Å²) in [4.78, 5) is 32.2. The SMILES string of the molecule is COc1cccc2cc(C(=O)C3=C(O)C(=O)N(c4cccc(Cl)c4)C3c3ccncc3)oc12. The summed E-state index contributed by atoms with van der Waals surface area (Å²) in [5, 5.41) is 11.9. The Morgan fingerprint density at radius 2 is 1.88 bits per heavy atom. The van der Waals surface area contributed by atoms with E-state index in [1.807, 2.05) is 0 Å². The first kappa shape index (κ1) is 20.8. The van der Waals surface area contributed by atoms with Crippen molar-refractivity contribution < 1.29 is 23.8 Å². The fourth-order valence-electron chi connectivity index (χ4n) is 4.03. The predicted molar refractivity (Wildman–Crippen MR) is 123 cm³/mol. The topological polar surface area (TPSA) is 92.9 Å². The van der Waals surface area contributed by atoms with Crippen molar-refractivity contribution in [3.05, 3.63) is 101 Å². The number of fused-ring (bicyclic) bond motifs is 1. The van der Waals surface area contributed by atoms with E-state index in [1.165, 1.54) is 12.0 Å². The van der Waals surface area contributed by atoms with E-state index in [0.29, 0.717) is 33.0 Å². The average Bonchev–Trinajstić information content (AvgIpc) is 3.38. The number of halogens is 1. The predicted octanol–water partition coefficient (Wildman–Crippen LogP) is 5.27. The van der Waals surface area contributed by atoms with Gasteiger partial charge in [0, 0.05) is 28.5 Å². The molecule has 0 fully saturated rings. The van der Waals surface area contributed by atoms with E-state index >= 15 is 0 Å². The van der Waals surface area contributed by atoms with Crippen LogP contribution in [0.2, 0.25) is 5.02 Å². The van der Waals surface area contributed by atoms with Gasteiger partial charge in [-0.05, 0) is 48.0 Å². The molecule has 7 nitrogen and oxygen atoms in total. The zero-order valence-corrected chi connectivity index (χ0v) is 18.1. The molecule has 4 aromatic rings. The largest absolute Gasteiger partial charge is 0.503 e. The van der Waals surface area contributed by atoms with Gasteiger partial charge < -0.3 is 14.3 Å². The van der Waals surface area contributed by atoms with E-state index in [1.54, 1.807) is 73.1 Å². The second-order valence-electron chi connectivity index (χ2n) is 7.42. The van der Waals surface area contributed by atoms with Crippen LogP contribution in [0.5, 0.6) is 5.75 Å². The van der Waals surface area contributed by atoms with Crippen LogP contribution in [0.25, 0.3) is 11.0 Å². The maximum absolute atomic E-state index is 13.6. The first-order valence-electron chi connectivity index (χ1n) is 10.0. The number of nitrogens with zero attached hydrogens (tertiary/aromatic N) is 2. The summed E-state index contributed by atoms with van der Waals surface area (Å²) in [6.45, 7) is 0. The van der Waals surface area contributed by atoms with Crippen LogP contribution in [0.1, 0.15) is 22.2 Å². The molecule has 0 spiro atoms. The first-order valence-corrected chi connectivity index (χ1v) is 10.4. The van der Waals surface area contributed by atoms with Crippen LogP contribution in [-0.4, -0.2) is 28.9 Å². The van der Waals surface area contributed by atoms with Crippen molar-refractivity contribution >= 4 is 39.9 Å². The van der Waals surface area contributed by atoms with Gasteiger partial charge in [0.05, 0.1) is 18.7 Å². The Hall–Kier alpha value is -4.10.